The van der Waals surface area contributed by atoms with Gasteiger partial charge in [-0.3, -0.25) is 4.79 Å². The molecule has 1 heterocycles. The zero-order valence-electron chi connectivity index (χ0n) is 23.2. The Labute approximate surface area is 236 Å². The quantitative estimate of drug-likeness (QED) is 0.222. The summed E-state index contributed by atoms with van der Waals surface area (Å²) in [5.41, 5.74) is 6.35. The van der Waals surface area contributed by atoms with E-state index in [1.807, 2.05) is 42.5 Å². The maximum absolute atomic E-state index is 13.2. The third-order valence-electron chi connectivity index (χ3n) is 11.1. The zero-order chi connectivity index (χ0) is 27.5. The van der Waals surface area contributed by atoms with Crippen molar-refractivity contribution in [2.24, 2.45) is 34.2 Å². The number of aromatic nitrogens is 1. The Morgan fingerprint density at radius 1 is 1.07 bits per heavy atom. The number of nitrogens with zero attached hydrogens (tertiary/aromatic N) is 2. The summed E-state index contributed by atoms with van der Waals surface area (Å²) in [4.78, 5) is 18.0. The van der Waals surface area contributed by atoms with Crippen molar-refractivity contribution in [1.29, 1.82) is 0 Å². The number of amides is 1. The van der Waals surface area contributed by atoms with Crippen LogP contribution in [0, 0.1) is 41.4 Å². The van der Waals surface area contributed by atoms with E-state index >= 15 is 0 Å². The van der Waals surface area contributed by atoms with Crippen molar-refractivity contribution in [3.63, 3.8) is 0 Å². The molecule has 2 N–H and O–H groups in total. The van der Waals surface area contributed by atoms with Gasteiger partial charge >= 0.3 is 0 Å². The highest BCUT2D eigenvalue weighted by Gasteiger charge is 2.63. The molecule has 0 spiro atoms. The molecule has 0 bridgehead atoms. The first-order valence-electron chi connectivity index (χ1n) is 15.0. The zero-order valence-corrected chi connectivity index (χ0v) is 23.2. The van der Waals surface area contributed by atoms with E-state index < -0.39 is 5.60 Å². The molecule has 3 aromatic rings. The first kappa shape index (κ1) is 25.5. The number of aliphatic hydroxyl groups is 1. The Balaban J connectivity index is 1.09. The lowest BCUT2D eigenvalue weighted by Crippen LogP contribution is -2.53. The van der Waals surface area contributed by atoms with Gasteiger partial charge in [0.05, 0.1) is 22.3 Å². The third-order valence-corrected chi connectivity index (χ3v) is 11.1. The maximum Gasteiger partial charge on any atom is 0.273 e. The van der Waals surface area contributed by atoms with Gasteiger partial charge in [0.2, 0.25) is 0 Å². The molecule has 1 amide bonds. The van der Waals surface area contributed by atoms with Gasteiger partial charge in [-0.2, -0.15) is 5.10 Å². The molecule has 5 heteroatoms. The van der Waals surface area contributed by atoms with Gasteiger partial charge in [-0.05, 0) is 106 Å². The van der Waals surface area contributed by atoms with Crippen LogP contribution in [0.25, 0.3) is 21.8 Å². The molecule has 0 aliphatic heterocycles. The van der Waals surface area contributed by atoms with Crippen LogP contribution >= 0.6 is 0 Å². The monoisotopic (exact) mass is 531 g/mol. The Morgan fingerprint density at radius 3 is 2.77 bits per heavy atom. The molecule has 4 aliphatic rings. The number of rotatable bonds is 3. The third kappa shape index (κ3) is 3.76. The SMILES string of the molecule is C#CC1(O)CCC2C3CCC4=C/C(=N\NC(=O)c5cccc6cc7ccccc7nc56)CCC4C3CCC21CC. The highest BCUT2D eigenvalue weighted by Crippen LogP contribution is 2.66. The van der Waals surface area contributed by atoms with Crippen molar-refractivity contribution in [1.82, 2.24) is 10.4 Å². The Morgan fingerprint density at radius 2 is 1.93 bits per heavy atom. The number of allylic oxidation sites excluding steroid dienone is 2. The highest BCUT2D eigenvalue weighted by atomic mass is 16.3. The summed E-state index contributed by atoms with van der Waals surface area (Å²) in [5, 5.41) is 18.0. The Hall–Kier alpha value is -3.49. The number of para-hydroxylation sites is 2. The number of terminal acetylenes is 1. The van der Waals surface area contributed by atoms with Crippen LogP contribution in [0.3, 0.4) is 0 Å². The minimum Gasteiger partial charge on any atom is -0.377 e. The van der Waals surface area contributed by atoms with Crippen LogP contribution in [0.2, 0.25) is 0 Å². The average molecular weight is 532 g/mol. The number of nitrogens with one attached hydrogen (secondary N) is 1. The molecule has 7 rings (SSSR count). The molecule has 4 aliphatic carbocycles. The van der Waals surface area contributed by atoms with Crippen LogP contribution in [0.1, 0.15) is 75.1 Å². The van der Waals surface area contributed by atoms with Gasteiger partial charge in [0.15, 0.2) is 0 Å². The summed E-state index contributed by atoms with van der Waals surface area (Å²) >= 11 is 0. The highest BCUT2D eigenvalue weighted by molar-refractivity contribution is 6.08. The molecule has 0 radical (unpaired) electrons. The average Bonchev–Trinajstić information content (AvgIpc) is 3.31. The fourth-order valence-corrected chi connectivity index (χ4v) is 9.23. The molecule has 2 aromatic carbocycles. The number of carbonyl (C=O) groups excluding carboxylic acids is 1. The van der Waals surface area contributed by atoms with E-state index in [1.165, 1.54) is 5.57 Å². The standard InChI is InChI=1S/C35H37N3O2/c1-3-34-18-16-27-26-15-13-25(21-22(26)12-14-28(27)30(34)17-19-35(34,40)4-2)37-38-33(39)29-10-7-9-24-20-23-8-5-6-11-31(23)36-32(24)29/h2,5-11,20-21,26-28,30,40H,3,12-19H2,1H3,(H,38,39)/b37-25-. The first-order valence-corrected chi connectivity index (χ1v) is 15.0. The van der Waals surface area contributed by atoms with Crippen molar-refractivity contribution in [2.45, 2.75) is 70.3 Å². The van der Waals surface area contributed by atoms with E-state index in [9.17, 15) is 9.90 Å². The molecular formula is C35H37N3O2. The van der Waals surface area contributed by atoms with Gasteiger partial charge in [0, 0.05) is 16.2 Å². The lowest BCUT2D eigenvalue weighted by molar-refractivity contribution is -0.0989. The summed E-state index contributed by atoms with van der Waals surface area (Å²) in [6.45, 7) is 2.23. The predicted octanol–water partition coefficient (Wildman–Crippen LogP) is 6.80. The first-order chi connectivity index (χ1) is 19.5. The van der Waals surface area contributed by atoms with Crippen LogP contribution in [-0.4, -0.2) is 27.3 Å². The van der Waals surface area contributed by atoms with Crippen LogP contribution < -0.4 is 5.43 Å². The van der Waals surface area contributed by atoms with Crippen LogP contribution in [0.15, 0.2) is 65.3 Å². The van der Waals surface area contributed by atoms with Gasteiger partial charge in [-0.15, -0.1) is 6.42 Å². The van der Waals surface area contributed by atoms with E-state index in [1.54, 1.807) is 0 Å². The number of fused-ring (bicyclic) bond motifs is 7. The number of hydrogen-bond donors (Lipinski definition) is 2. The maximum atomic E-state index is 13.2. The van der Waals surface area contributed by atoms with Crippen LogP contribution in [0.4, 0.5) is 0 Å². The molecule has 3 fully saturated rings. The fourth-order valence-electron chi connectivity index (χ4n) is 9.23. The normalized spacial score (nSPS) is 34.0. The molecule has 3 saturated carbocycles. The largest absolute Gasteiger partial charge is 0.377 e. The van der Waals surface area contributed by atoms with Gasteiger partial charge < -0.3 is 5.11 Å². The summed E-state index contributed by atoms with van der Waals surface area (Å²) in [7, 11) is 0. The van der Waals surface area contributed by atoms with Crippen molar-refractivity contribution in [3.05, 3.63) is 65.7 Å². The summed E-state index contributed by atoms with van der Waals surface area (Å²) in [5.74, 6) is 5.02. The lowest BCUT2D eigenvalue weighted by atomic mass is 9.49. The summed E-state index contributed by atoms with van der Waals surface area (Å²) in [6, 6.07) is 15.8. The number of hydrazone groups is 1. The minimum absolute atomic E-state index is 0.113. The van der Waals surface area contributed by atoms with E-state index in [0.29, 0.717) is 34.8 Å². The molecule has 40 heavy (non-hydrogen) atoms. The molecule has 6 atom stereocenters. The van der Waals surface area contributed by atoms with E-state index in [-0.39, 0.29) is 11.3 Å². The van der Waals surface area contributed by atoms with E-state index in [2.05, 4.69) is 35.5 Å². The smallest absolute Gasteiger partial charge is 0.273 e. The topological polar surface area (TPSA) is 74.6 Å². The second kappa shape index (κ2) is 9.56. The number of carbonyl (C=O) groups is 1. The van der Waals surface area contributed by atoms with Crippen LogP contribution in [0.5, 0.6) is 0 Å². The molecule has 0 saturated heterocycles. The molecule has 5 nitrogen and oxygen atoms in total. The fraction of sp³-hybridized carbons (Fsp3) is 0.457. The van der Waals surface area contributed by atoms with Gasteiger partial charge in [-0.25, -0.2) is 10.4 Å². The number of hydrogen-bond acceptors (Lipinski definition) is 4. The van der Waals surface area contributed by atoms with Crippen molar-refractivity contribution in [2.75, 3.05) is 0 Å². The molecule has 204 valence electrons. The van der Waals surface area contributed by atoms with Crippen molar-refractivity contribution >= 4 is 33.4 Å². The number of benzene rings is 2. The van der Waals surface area contributed by atoms with Gasteiger partial charge in [0.1, 0.15) is 5.60 Å². The Bertz CT molecular complexity index is 1620. The number of pyridine rings is 1. The van der Waals surface area contributed by atoms with Crippen molar-refractivity contribution < 1.29 is 9.90 Å². The minimum atomic E-state index is -0.940. The summed E-state index contributed by atoms with van der Waals surface area (Å²) in [6.07, 6.45) is 17.3. The van der Waals surface area contributed by atoms with E-state index in [0.717, 1.165) is 79.8 Å². The molecule has 1 aromatic heterocycles. The lowest BCUT2D eigenvalue weighted by Gasteiger charge is -2.56. The Kier molecular flexibility index (Phi) is 6.09. The molecular weight excluding hydrogens is 494 g/mol. The van der Waals surface area contributed by atoms with Gasteiger partial charge in [-0.1, -0.05) is 48.7 Å². The molecule has 6 unspecified atom stereocenters. The predicted molar refractivity (Wildman–Crippen MR) is 160 cm³/mol. The van der Waals surface area contributed by atoms with Crippen molar-refractivity contribution in [3.8, 4) is 12.3 Å². The second-order valence-corrected chi connectivity index (χ2v) is 12.5. The second-order valence-electron chi connectivity index (χ2n) is 12.5. The van der Waals surface area contributed by atoms with Crippen LogP contribution in [-0.2, 0) is 0 Å². The van der Waals surface area contributed by atoms with Gasteiger partial charge in [0.25, 0.3) is 5.91 Å². The summed E-state index contributed by atoms with van der Waals surface area (Å²) < 4.78 is 0. The van der Waals surface area contributed by atoms with E-state index in [4.69, 9.17) is 11.4 Å².